The molecule has 40 heavy (non-hydrogen) atoms. The van der Waals surface area contributed by atoms with Gasteiger partial charge in [0, 0.05) is 23.3 Å². The molecule has 2 N–H and O–H groups in total. The highest BCUT2D eigenvalue weighted by atomic mass is 32.2. The molecule has 0 aliphatic carbocycles. The van der Waals surface area contributed by atoms with Gasteiger partial charge >= 0.3 is 6.18 Å². The number of nitrogens with two attached hydrogens (primary N) is 1. The van der Waals surface area contributed by atoms with Gasteiger partial charge in [-0.15, -0.1) is 11.8 Å². The number of hydrogen-bond acceptors (Lipinski definition) is 4. The summed E-state index contributed by atoms with van der Waals surface area (Å²) in [6, 6.07) is 15.0. The number of benzene rings is 3. The van der Waals surface area contributed by atoms with Crippen molar-refractivity contribution in [3.63, 3.8) is 0 Å². The molecule has 10 heteroatoms. The van der Waals surface area contributed by atoms with Gasteiger partial charge in [-0.3, -0.25) is 9.36 Å². The molecule has 1 aromatic heterocycles. The first kappa shape index (κ1) is 27.9. The van der Waals surface area contributed by atoms with Crippen LogP contribution in [0.15, 0.2) is 76.6 Å². The summed E-state index contributed by atoms with van der Waals surface area (Å²) in [6.07, 6.45) is -5.25. The first-order valence-corrected chi connectivity index (χ1v) is 13.4. The van der Waals surface area contributed by atoms with Crippen molar-refractivity contribution in [2.24, 2.45) is 5.73 Å². The van der Waals surface area contributed by atoms with E-state index in [2.05, 4.69) is 0 Å². The predicted molar refractivity (Wildman–Crippen MR) is 145 cm³/mol. The molecule has 4 nitrogen and oxygen atoms in total. The predicted octanol–water partition coefficient (Wildman–Crippen LogP) is 7.07. The quantitative estimate of drug-likeness (QED) is 0.251. The summed E-state index contributed by atoms with van der Waals surface area (Å²) in [5.41, 5.74) is 5.67. The zero-order chi connectivity index (χ0) is 28.8. The van der Waals surface area contributed by atoms with Gasteiger partial charge in [0.1, 0.15) is 5.82 Å². The number of fused-ring (bicyclic) bond motifs is 1. The van der Waals surface area contributed by atoms with Crippen molar-refractivity contribution >= 4 is 11.8 Å². The van der Waals surface area contributed by atoms with Gasteiger partial charge in [-0.05, 0) is 41.8 Å². The summed E-state index contributed by atoms with van der Waals surface area (Å²) in [6.45, 7) is 1.55. The summed E-state index contributed by atoms with van der Waals surface area (Å²) in [5.74, 6) is -1.55. The van der Waals surface area contributed by atoms with Gasteiger partial charge in [0.2, 0.25) is 0 Å². The van der Waals surface area contributed by atoms with Crippen LogP contribution in [0.3, 0.4) is 0 Å². The van der Waals surface area contributed by atoms with E-state index in [1.54, 1.807) is 6.92 Å². The number of nitrogens with zero attached hydrogens (tertiary/aromatic N) is 1. The first-order valence-electron chi connectivity index (χ1n) is 12.4. The maximum atomic E-state index is 15.5. The SMILES string of the molecule is COc1cccc(-c2c(C)c(Cc3c(F)cccc3C(F)(F)F)c3n(c2=O)[C@@H](C(N)c2ccccc2)CS3)c1F. The second kappa shape index (κ2) is 10.7. The number of alkyl halides is 3. The Bertz CT molecular complexity index is 1640. The van der Waals surface area contributed by atoms with Crippen molar-refractivity contribution < 1.29 is 26.7 Å². The van der Waals surface area contributed by atoms with E-state index < -0.39 is 53.0 Å². The fourth-order valence-electron chi connectivity index (χ4n) is 5.26. The van der Waals surface area contributed by atoms with Crippen LogP contribution in [0.5, 0.6) is 5.75 Å². The lowest BCUT2D eigenvalue weighted by atomic mass is 9.91. The number of hydrogen-bond donors (Lipinski definition) is 1. The monoisotopic (exact) mass is 572 g/mol. The van der Waals surface area contributed by atoms with Crippen molar-refractivity contribution in [3.05, 3.63) is 117 Å². The third-order valence-corrected chi connectivity index (χ3v) is 8.51. The van der Waals surface area contributed by atoms with E-state index in [9.17, 15) is 22.4 Å². The lowest BCUT2D eigenvalue weighted by Crippen LogP contribution is -2.33. The second-order valence-electron chi connectivity index (χ2n) is 9.54. The molecular formula is C30H25F5N2O2S. The van der Waals surface area contributed by atoms with Gasteiger partial charge in [-0.2, -0.15) is 13.2 Å². The van der Waals surface area contributed by atoms with Gasteiger partial charge in [-0.25, -0.2) is 8.78 Å². The Balaban J connectivity index is 1.79. The number of halogens is 5. The van der Waals surface area contributed by atoms with Crippen LogP contribution >= 0.6 is 11.8 Å². The van der Waals surface area contributed by atoms with Gasteiger partial charge in [0.05, 0.1) is 35.3 Å². The molecule has 5 rings (SSSR count). The lowest BCUT2D eigenvalue weighted by Gasteiger charge is -2.25. The third-order valence-electron chi connectivity index (χ3n) is 7.29. The van der Waals surface area contributed by atoms with Crippen LogP contribution in [-0.4, -0.2) is 17.4 Å². The van der Waals surface area contributed by atoms with Gasteiger partial charge < -0.3 is 10.5 Å². The number of thioether (sulfide) groups is 1. The first-order chi connectivity index (χ1) is 19.0. The van der Waals surface area contributed by atoms with E-state index in [1.807, 2.05) is 30.3 Å². The average molecular weight is 573 g/mol. The summed E-state index contributed by atoms with van der Waals surface area (Å²) in [7, 11) is 1.29. The Morgan fingerprint density at radius 1 is 1.02 bits per heavy atom. The van der Waals surface area contributed by atoms with Crippen LogP contribution in [0.25, 0.3) is 11.1 Å². The van der Waals surface area contributed by atoms with Crippen molar-refractivity contribution in [1.29, 1.82) is 0 Å². The minimum absolute atomic E-state index is 0.0344. The highest BCUT2D eigenvalue weighted by molar-refractivity contribution is 7.99. The Labute approximate surface area is 231 Å². The minimum Gasteiger partial charge on any atom is -0.494 e. The summed E-state index contributed by atoms with van der Waals surface area (Å²) < 4.78 is 78.7. The Morgan fingerprint density at radius 2 is 1.73 bits per heavy atom. The van der Waals surface area contributed by atoms with E-state index in [-0.39, 0.29) is 22.4 Å². The Kier molecular flexibility index (Phi) is 7.50. The fraction of sp³-hybridized carbons (Fsp3) is 0.233. The molecular weight excluding hydrogens is 547 g/mol. The Morgan fingerprint density at radius 3 is 2.40 bits per heavy atom. The van der Waals surface area contributed by atoms with Crippen LogP contribution in [0.1, 0.15) is 39.9 Å². The van der Waals surface area contributed by atoms with Crippen LogP contribution in [0.2, 0.25) is 0 Å². The number of rotatable bonds is 6. The second-order valence-corrected chi connectivity index (χ2v) is 10.5. The minimum atomic E-state index is -4.80. The number of methoxy groups -OCH3 is 1. The van der Waals surface area contributed by atoms with Crippen molar-refractivity contribution in [3.8, 4) is 16.9 Å². The van der Waals surface area contributed by atoms with E-state index in [4.69, 9.17) is 10.5 Å². The molecule has 0 amide bonds. The summed E-state index contributed by atoms with van der Waals surface area (Å²) in [4.78, 5) is 14.1. The van der Waals surface area contributed by atoms with Crippen LogP contribution in [-0.2, 0) is 12.6 Å². The van der Waals surface area contributed by atoms with Crippen LogP contribution < -0.4 is 16.0 Å². The third kappa shape index (κ3) is 4.79. The molecule has 2 atom stereocenters. The van der Waals surface area contributed by atoms with Gasteiger partial charge in [-0.1, -0.05) is 48.5 Å². The van der Waals surface area contributed by atoms with Crippen LogP contribution in [0.4, 0.5) is 22.0 Å². The molecule has 1 unspecified atom stereocenters. The molecule has 2 heterocycles. The lowest BCUT2D eigenvalue weighted by molar-refractivity contribution is -0.138. The molecule has 0 spiro atoms. The zero-order valence-corrected chi connectivity index (χ0v) is 22.4. The number of ether oxygens (including phenoxy) is 1. The molecule has 0 radical (unpaired) electrons. The molecule has 0 saturated heterocycles. The number of pyridine rings is 1. The number of aromatic nitrogens is 1. The van der Waals surface area contributed by atoms with Crippen LogP contribution in [0, 0.1) is 18.6 Å². The standard InChI is InChI=1S/C30H25F5N2O2S/c1-16-19(14-20-21(30(33,34)35)11-7-12-22(20)31)29-37(23(15-40-29)27(36)17-8-4-3-5-9-17)28(38)25(16)18-10-6-13-24(39-2)26(18)32/h3-13,23,27H,14-15,36H2,1-2H3/t23-,27?/m1/s1. The van der Waals surface area contributed by atoms with E-state index in [0.717, 1.165) is 23.8 Å². The fourth-order valence-corrected chi connectivity index (χ4v) is 6.70. The molecule has 0 saturated carbocycles. The van der Waals surface area contributed by atoms with Gasteiger partial charge in [0.15, 0.2) is 11.6 Å². The van der Waals surface area contributed by atoms with Crippen molar-refractivity contribution in [2.45, 2.75) is 36.6 Å². The average Bonchev–Trinajstić information content (AvgIpc) is 3.37. The smallest absolute Gasteiger partial charge is 0.416 e. The van der Waals surface area contributed by atoms with E-state index in [0.29, 0.717) is 16.3 Å². The van der Waals surface area contributed by atoms with Crippen molar-refractivity contribution in [1.82, 2.24) is 4.57 Å². The van der Waals surface area contributed by atoms with E-state index >= 15 is 4.39 Å². The molecule has 0 fully saturated rings. The normalized spacial score (nSPS) is 15.7. The Hall–Kier alpha value is -3.63. The van der Waals surface area contributed by atoms with Gasteiger partial charge in [0.25, 0.3) is 5.56 Å². The maximum Gasteiger partial charge on any atom is 0.416 e. The largest absolute Gasteiger partial charge is 0.494 e. The maximum absolute atomic E-state index is 15.5. The zero-order valence-electron chi connectivity index (χ0n) is 21.6. The molecule has 1 aliphatic rings. The molecule has 4 aromatic rings. The highest BCUT2D eigenvalue weighted by Gasteiger charge is 2.38. The molecule has 3 aromatic carbocycles. The molecule has 0 bridgehead atoms. The summed E-state index contributed by atoms with van der Waals surface area (Å²) in [5, 5.41) is 0.391. The van der Waals surface area contributed by atoms with E-state index in [1.165, 1.54) is 41.6 Å². The molecule has 208 valence electrons. The van der Waals surface area contributed by atoms with Crippen molar-refractivity contribution in [2.75, 3.05) is 12.9 Å². The summed E-state index contributed by atoms with van der Waals surface area (Å²) >= 11 is 1.27. The molecule has 1 aliphatic heterocycles. The highest BCUT2D eigenvalue weighted by Crippen LogP contribution is 2.44. The topological polar surface area (TPSA) is 57.2 Å².